The van der Waals surface area contributed by atoms with Crippen LogP contribution < -0.4 is 0 Å². The SMILES string of the molecule is O=C(COCc1ccccc1)N1CCC[C@@H](OCc2cccnc2)C1. The lowest BCUT2D eigenvalue weighted by Gasteiger charge is -2.32. The van der Waals surface area contributed by atoms with Gasteiger partial charge in [0.2, 0.25) is 5.91 Å². The lowest BCUT2D eigenvalue weighted by Crippen LogP contribution is -2.44. The molecule has 1 fully saturated rings. The molecule has 0 saturated carbocycles. The van der Waals surface area contributed by atoms with Gasteiger partial charge in [0.05, 0.1) is 19.3 Å². The Morgan fingerprint density at radius 3 is 2.76 bits per heavy atom. The maximum atomic E-state index is 12.3. The zero-order valence-electron chi connectivity index (χ0n) is 14.3. The molecule has 25 heavy (non-hydrogen) atoms. The van der Waals surface area contributed by atoms with Gasteiger partial charge in [0.1, 0.15) is 6.61 Å². The molecule has 1 aliphatic heterocycles. The average molecular weight is 340 g/mol. The van der Waals surface area contributed by atoms with E-state index in [9.17, 15) is 4.79 Å². The van der Waals surface area contributed by atoms with Crippen LogP contribution in [0.1, 0.15) is 24.0 Å². The summed E-state index contributed by atoms with van der Waals surface area (Å²) >= 11 is 0. The van der Waals surface area contributed by atoms with Crippen molar-refractivity contribution in [1.82, 2.24) is 9.88 Å². The van der Waals surface area contributed by atoms with Gasteiger partial charge in [-0.1, -0.05) is 36.4 Å². The lowest BCUT2D eigenvalue weighted by atomic mass is 10.1. The van der Waals surface area contributed by atoms with Crippen LogP contribution in [-0.4, -0.2) is 41.6 Å². The van der Waals surface area contributed by atoms with Gasteiger partial charge in [-0.3, -0.25) is 9.78 Å². The van der Waals surface area contributed by atoms with Crippen LogP contribution in [0.5, 0.6) is 0 Å². The van der Waals surface area contributed by atoms with E-state index in [1.54, 1.807) is 6.20 Å². The minimum atomic E-state index is 0.0330. The van der Waals surface area contributed by atoms with E-state index in [0.717, 1.165) is 30.5 Å². The van der Waals surface area contributed by atoms with Gasteiger partial charge < -0.3 is 14.4 Å². The van der Waals surface area contributed by atoms with Crippen LogP contribution >= 0.6 is 0 Å². The Bertz CT molecular complexity index is 649. The summed E-state index contributed by atoms with van der Waals surface area (Å²) in [7, 11) is 0. The fourth-order valence-corrected chi connectivity index (χ4v) is 2.92. The standard InChI is InChI=1S/C20H24N2O3/c23-20(16-24-14-17-6-2-1-3-7-17)22-11-5-9-19(13-22)25-15-18-8-4-10-21-12-18/h1-4,6-8,10,12,19H,5,9,11,13-16H2/t19-/m1/s1. The summed E-state index contributed by atoms with van der Waals surface area (Å²) in [5.74, 6) is 0.0330. The summed E-state index contributed by atoms with van der Waals surface area (Å²) in [4.78, 5) is 18.3. The molecule has 5 nitrogen and oxygen atoms in total. The fourth-order valence-electron chi connectivity index (χ4n) is 2.92. The first-order valence-corrected chi connectivity index (χ1v) is 8.71. The molecule has 5 heteroatoms. The molecule has 2 heterocycles. The zero-order chi connectivity index (χ0) is 17.3. The first kappa shape index (κ1) is 17.6. The topological polar surface area (TPSA) is 51.7 Å². The highest BCUT2D eigenvalue weighted by Crippen LogP contribution is 2.15. The third kappa shape index (κ3) is 5.66. The molecule has 132 valence electrons. The van der Waals surface area contributed by atoms with Gasteiger partial charge in [-0.25, -0.2) is 0 Å². The minimum absolute atomic E-state index is 0.0330. The van der Waals surface area contributed by atoms with Crippen molar-refractivity contribution in [2.24, 2.45) is 0 Å². The van der Waals surface area contributed by atoms with Crippen LogP contribution in [0.3, 0.4) is 0 Å². The third-order valence-corrected chi connectivity index (χ3v) is 4.28. The van der Waals surface area contributed by atoms with Gasteiger partial charge in [-0.2, -0.15) is 0 Å². The number of hydrogen-bond donors (Lipinski definition) is 0. The number of benzene rings is 1. The maximum Gasteiger partial charge on any atom is 0.248 e. The highest BCUT2D eigenvalue weighted by Gasteiger charge is 2.24. The summed E-state index contributed by atoms with van der Waals surface area (Å²) in [6.07, 6.45) is 5.58. The zero-order valence-corrected chi connectivity index (χ0v) is 14.3. The molecule has 1 aliphatic rings. The number of carbonyl (C=O) groups is 1. The van der Waals surface area contributed by atoms with Crippen LogP contribution in [-0.2, 0) is 27.5 Å². The number of ether oxygens (including phenoxy) is 2. The van der Waals surface area contributed by atoms with Gasteiger partial charge in [0, 0.05) is 25.5 Å². The van der Waals surface area contributed by atoms with Crippen molar-refractivity contribution in [3.8, 4) is 0 Å². The largest absolute Gasteiger partial charge is 0.372 e. The van der Waals surface area contributed by atoms with Gasteiger partial charge in [-0.05, 0) is 30.0 Å². The molecule has 1 saturated heterocycles. The molecular formula is C20H24N2O3. The summed E-state index contributed by atoms with van der Waals surface area (Å²) in [6.45, 7) is 2.52. The van der Waals surface area contributed by atoms with Crippen molar-refractivity contribution in [2.75, 3.05) is 19.7 Å². The lowest BCUT2D eigenvalue weighted by molar-refractivity contribution is -0.141. The van der Waals surface area contributed by atoms with Gasteiger partial charge in [-0.15, -0.1) is 0 Å². The molecule has 0 aliphatic carbocycles. The number of carbonyl (C=O) groups excluding carboxylic acids is 1. The molecule has 1 atom stereocenters. The molecule has 0 N–H and O–H groups in total. The maximum absolute atomic E-state index is 12.3. The highest BCUT2D eigenvalue weighted by molar-refractivity contribution is 5.77. The minimum Gasteiger partial charge on any atom is -0.372 e. The number of aromatic nitrogens is 1. The quantitative estimate of drug-likeness (QED) is 0.778. The molecule has 0 unspecified atom stereocenters. The Morgan fingerprint density at radius 1 is 1.12 bits per heavy atom. The van der Waals surface area contributed by atoms with E-state index in [2.05, 4.69) is 4.98 Å². The molecule has 2 aromatic rings. The predicted molar refractivity (Wildman–Crippen MR) is 94.7 cm³/mol. The fraction of sp³-hybridized carbons (Fsp3) is 0.400. The van der Waals surface area contributed by atoms with Gasteiger partial charge >= 0.3 is 0 Å². The Hall–Kier alpha value is -2.24. The number of likely N-dealkylation sites (tertiary alicyclic amines) is 1. The van der Waals surface area contributed by atoms with Gasteiger partial charge in [0.25, 0.3) is 0 Å². The Kier molecular flexibility index (Phi) is 6.54. The van der Waals surface area contributed by atoms with Crippen molar-refractivity contribution >= 4 is 5.91 Å². The number of rotatable bonds is 7. The molecule has 1 aromatic heterocycles. The Morgan fingerprint density at radius 2 is 1.96 bits per heavy atom. The predicted octanol–water partition coefficient (Wildman–Crippen LogP) is 2.81. The molecular weight excluding hydrogens is 316 g/mol. The van der Waals surface area contributed by atoms with E-state index in [-0.39, 0.29) is 18.6 Å². The monoisotopic (exact) mass is 340 g/mol. The van der Waals surface area contributed by atoms with Gasteiger partial charge in [0.15, 0.2) is 0 Å². The van der Waals surface area contributed by atoms with Crippen molar-refractivity contribution in [1.29, 1.82) is 0 Å². The number of nitrogens with zero attached hydrogens (tertiary/aromatic N) is 2. The number of piperidine rings is 1. The molecule has 1 aromatic carbocycles. The van der Waals surface area contributed by atoms with Crippen LogP contribution in [0.2, 0.25) is 0 Å². The summed E-state index contributed by atoms with van der Waals surface area (Å²) in [6, 6.07) is 13.8. The van der Waals surface area contributed by atoms with Crippen molar-refractivity contribution in [3.05, 3.63) is 66.0 Å². The van der Waals surface area contributed by atoms with Crippen LogP contribution in [0.15, 0.2) is 54.9 Å². The summed E-state index contributed by atoms with van der Waals surface area (Å²) in [5, 5.41) is 0. The first-order chi connectivity index (χ1) is 12.3. The number of pyridine rings is 1. The average Bonchev–Trinajstić information content (AvgIpc) is 2.68. The second-order valence-electron chi connectivity index (χ2n) is 6.25. The third-order valence-electron chi connectivity index (χ3n) is 4.28. The van der Waals surface area contributed by atoms with E-state index < -0.39 is 0 Å². The Balaban J connectivity index is 1.40. The summed E-state index contributed by atoms with van der Waals surface area (Å²) in [5.41, 5.74) is 2.13. The number of hydrogen-bond acceptors (Lipinski definition) is 4. The van der Waals surface area contributed by atoms with Crippen LogP contribution in [0.4, 0.5) is 0 Å². The molecule has 0 radical (unpaired) electrons. The van der Waals surface area contributed by atoms with Crippen LogP contribution in [0.25, 0.3) is 0 Å². The second-order valence-corrected chi connectivity index (χ2v) is 6.25. The molecule has 0 spiro atoms. The normalized spacial score (nSPS) is 17.4. The molecule has 1 amide bonds. The van der Waals surface area contributed by atoms with Crippen molar-refractivity contribution in [3.63, 3.8) is 0 Å². The highest BCUT2D eigenvalue weighted by atomic mass is 16.5. The van der Waals surface area contributed by atoms with Crippen molar-refractivity contribution < 1.29 is 14.3 Å². The number of amides is 1. The van der Waals surface area contributed by atoms with E-state index in [1.165, 1.54) is 0 Å². The second kappa shape index (κ2) is 9.30. The summed E-state index contributed by atoms with van der Waals surface area (Å²) < 4.78 is 11.5. The van der Waals surface area contributed by atoms with E-state index in [1.807, 2.05) is 53.6 Å². The van der Waals surface area contributed by atoms with E-state index >= 15 is 0 Å². The Labute approximate surface area is 148 Å². The van der Waals surface area contributed by atoms with E-state index in [4.69, 9.17) is 9.47 Å². The molecule has 3 rings (SSSR count). The van der Waals surface area contributed by atoms with Crippen molar-refractivity contribution in [2.45, 2.75) is 32.2 Å². The molecule has 0 bridgehead atoms. The van der Waals surface area contributed by atoms with Crippen LogP contribution in [0, 0.1) is 0 Å². The first-order valence-electron chi connectivity index (χ1n) is 8.71. The smallest absolute Gasteiger partial charge is 0.248 e. The van der Waals surface area contributed by atoms with E-state index in [0.29, 0.717) is 19.8 Å².